The van der Waals surface area contributed by atoms with Crippen LogP contribution in [0, 0.1) is 0 Å². The van der Waals surface area contributed by atoms with E-state index >= 15 is 0 Å². The molecule has 2 aromatic rings. The van der Waals surface area contributed by atoms with E-state index in [1.807, 2.05) is 42.6 Å². The van der Waals surface area contributed by atoms with E-state index in [-0.39, 0.29) is 12.5 Å². The second-order valence-electron chi connectivity index (χ2n) is 4.84. The lowest BCUT2D eigenvalue weighted by molar-refractivity contribution is -0.144. The second-order valence-corrected chi connectivity index (χ2v) is 5.87. The van der Waals surface area contributed by atoms with Crippen molar-refractivity contribution in [1.82, 2.24) is 4.90 Å². The van der Waals surface area contributed by atoms with Gasteiger partial charge >= 0.3 is 5.97 Å². The third-order valence-electron chi connectivity index (χ3n) is 3.20. The van der Waals surface area contributed by atoms with E-state index in [2.05, 4.69) is 11.0 Å². The Bertz CT molecular complexity index is 583. The number of hydrogen-bond donors (Lipinski definition) is 0. The summed E-state index contributed by atoms with van der Waals surface area (Å²) in [4.78, 5) is 15.1. The van der Waals surface area contributed by atoms with Crippen molar-refractivity contribution < 1.29 is 14.3 Å². The highest BCUT2D eigenvalue weighted by Gasteiger charge is 2.15. The molecule has 0 spiro atoms. The number of benzene rings is 1. The van der Waals surface area contributed by atoms with E-state index in [4.69, 9.17) is 9.47 Å². The summed E-state index contributed by atoms with van der Waals surface area (Å²) in [5.74, 6) is 0.636. The van der Waals surface area contributed by atoms with Crippen molar-refractivity contribution in [3.63, 3.8) is 0 Å². The Morgan fingerprint density at radius 3 is 2.68 bits per heavy atom. The molecule has 0 aliphatic carbocycles. The standard InChI is InChI=1S/C17H21NO3S/c1-3-21-17(19)13-18(12-15-8-6-10-22-15)11-14-7-4-5-9-16(14)20-2/h4-10H,3,11-13H2,1-2H3. The highest BCUT2D eigenvalue weighted by atomic mass is 32.1. The number of carbonyl (C=O) groups is 1. The van der Waals surface area contributed by atoms with Crippen LogP contribution in [0.3, 0.4) is 0 Å². The van der Waals surface area contributed by atoms with Gasteiger partial charge in [-0.2, -0.15) is 0 Å². The van der Waals surface area contributed by atoms with E-state index in [1.165, 1.54) is 4.88 Å². The molecule has 0 aliphatic rings. The number of nitrogens with zero attached hydrogens (tertiary/aromatic N) is 1. The Balaban J connectivity index is 2.10. The number of hydrogen-bond acceptors (Lipinski definition) is 5. The van der Waals surface area contributed by atoms with Crippen LogP contribution in [0.15, 0.2) is 41.8 Å². The van der Waals surface area contributed by atoms with Crippen molar-refractivity contribution >= 4 is 17.3 Å². The molecule has 1 heterocycles. The fourth-order valence-corrected chi connectivity index (χ4v) is 3.00. The van der Waals surface area contributed by atoms with Crippen LogP contribution < -0.4 is 4.74 Å². The number of ether oxygens (including phenoxy) is 2. The van der Waals surface area contributed by atoms with Gasteiger partial charge in [0.25, 0.3) is 0 Å². The lowest BCUT2D eigenvalue weighted by Gasteiger charge is -2.21. The van der Waals surface area contributed by atoms with Crippen molar-refractivity contribution in [3.05, 3.63) is 52.2 Å². The van der Waals surface area contributed by atoms with Gasteiger partial charge in [-0.15, -0.1) is 11.3 Å². The first-order valence-electron chi connectivity index (χ1n) is 7.25. The van der Waals surface area contributed by atoms with Gasteiger partial charge in [-0.1, -0.05) is 24.3 Å². The summed E-state index contributed by atoms with van der Waals surface area (Å²) < 4.78 is 10.5. The largest absolute Gasteiger partial charge is 0.496 e. The monoisotopic (exact) mass is 319 g/mol. The zero-order valence-electron chi connectivity index (χ0n) is 13.0. The van der Waals surface area contributed by atoms with Crippen LogP contribution in [0.1, 0.15) is 17.4 Å². The number of methoxy groups -OCH3 is 1. The van der Waals surface area contributed by atoms with Gasteiger partial charge in [0, 0.05) is 23.5 Å². The predicted octanol–water partition coefficient (Wildman–Crippen LogP) is 3.32. The maximum atomic E-state index is 11.8. The first kappa shape index (κ1) is 16.5. The van der Waals surface area contributed by atoms with E-state index in [1.54, 1.807) is 18.4 Å². The van der Waals surface area contributed by atoms with Crippen LogP contribution in [-0.4, -0.2) is 31.1 Å². The van der Waals surface area contributed by atoms with Gasteiger partial charge in [0.15, 0.2) is 0 Å². The predicted molar refractivity (Wildman–Crippen MR) is 88.1 cm³/mol. The highest BCUT2D eigenvalue weighted by Crippen LogP contribution is 2.21. The molecule has 0 fully saturated rings. The average molecular weight is 319 g/mol. The van der Waals surface area contributed by atoms with Crippen LogP contribution >= 0.6 is 11.3 Å². The number of carbonyl (C=O) groups excluding carboxylic acids is 1. The van der Waals surface area contributed by atoms with Gasteiger partial charge in [0.2, 0.25) is 0 Å². The summed E-state index contributed by atoms with van der Waals surface area (Å²) in [5.41, 5.74) is 1.06. The Hall–Kier alpha value is -1.85. The van der Waals surface area contributed by atoms with Gasteiger partial charge in [0.1, 0.15) is 5.75 Å². The lowest BCUT2D eigenvalue weighted by Crippen LogP contribution is -2.30. The zero-order valence-corrected chi connectivity index (χ0v) is 13.8. The van der Waals surface area contributed by atoms with E-state index < -0.39 is 0 Å². The van der Waals surface area contributed by atoms with Crippen molar-refractivity contribution in [1.29, 1.82) is 0 Å². The number of para-hydroxylation sites is 1. The molecule has 1 aromatic heterocycles. The molecule has 0 atom stereocenters. The summed E-state index contributed by atoms with van der Waals surface area (Å²) in [5, 5.41) is 2.04. The Morgan fingerprint density at radius 1 is 1.18 bits per heavy atom. The highest BCUT2D eigenvalue weighted by molar-refractivity contribution is 7.09. The first-order chi connectivity index (χ1) is 10.7. The van der Waals surface area contributed by atoms with E-state index in [9.17, 15) is 4.79 Å². The molecule has 0 saturated carbocycles. The molecule has 5 heteroatoms. The Labute approximate surface area is 135 Å². The molecule has 0 N–H and O–H groups in total. The molecule has 0 saturated heterocycles. The molecule has 0 radical (unpaired) electrons. The average Bonchev–Trinajstić information content (AvgIpc) is 3.01. The van der Waals surface area contributed by atoms with Gasteiger partial charge in [0.05, 0.1) is 20.3 Å². The molecule has 118 valence electrons. The number of rotatable bonds is 8. The Kier molecular flexibility index (Phi) is 6.43. The minimum Gasteiger partial charge on any atom is -0.496 e. The SMILES string of the molecule is CCOC(=O)CN(Cc1cccs1)Cc1ccccc1OC. The van der Waals surface area contributed by atoms with Crippen LogP contribution in [-0.2, 0) is 22.6 Å². The summed E-state index contributed by atoms with van der Waals surface area (Å²) in [6.07, 6.45) is 0. The van der Waals surface area contributed by atoms with Crippen LogP contribution in [0.5, 0.6) is 5.75 Å². The smallest absolute Gasteiger partial charge is 0.320 e. The number of esters is 1. The summed E-state index contributed by atoms with van der Waals surface area (Å²) >= 11 is 1.69. The van der Waals surface area contributed by atoms with Crippen molar-refractivity contribution in [2.24, 2.45) is 0 Å². The second kappa shape index (κ2) is 8.56. The summed E-state index contributed by atoms with van der Waals surface area (Å²) in [7, 11) is 1.66. The maximum absolute atomic E-state index is 11.8. The molecular formula is C17H21NO3S. The van der Waals surface area contributed by atoms with Crippen molar-refractivity contribution in [2.45, 2.75) is 20.0 Å². The maximum Gasteiger partial charge on any atom is 0.320 e. The topological polar surface area (TPSA) is 38.8 Å². The number of thiophene rings is 1. The first-order valence-corrected chi connectivity index (χ1v) is 8.13. The quantitative estimate of drug-likeness (QED) is 0.700. The van der Waals surface area contributed by atoms with Gasteiger partial charge in [-0.3, -0.25) is 9.69 Å². The minimum atomic E-state index is -0.200. The minimum absolute atomic E-state index is 0.200. The molecule has 0 bridgehead atoms. The van der Waals surface area contributed by atoms with E-state index in [0.29, 0.717) is 19.7 Å². The third-order valence-corrected chi connectivity index (χ3v) is 4.07. The third kappa shape index (κ3) is 4.86. The zero-order chi connectivity index (χ0) is 15.8. The molecule has 2 rings (SSSR count). The van der Waals surface area contributed by atoms with E-state index in [0.717, 1.165) is 11.3 Å². The molecule has 22 heavy (non-hydrogen) atoms. The normalized spacial score (nSPS) is 10.7. The Morgan fingerprint density at radius 2 is 2.00 bits per heavy atom. The summed E-state index contributed by atoms with van der Waals surface area (Å²) in [6.45, 7) is 3.85. The van der Waals surface area contributed by atoms with Gasteiger partial charge in [-0.05, 0) is 24.4 Å². The fraction of sp³-hybridized carbons (Fsp3) is 0.353. The van der Waals surface area contributed by atoms with Crippen molar-refractivity contribution in [3.8, 4) is 5.75 Å². The van der Waals surface area contributed by atoms with Crippen molar-refractivity contribution in [2.75, 3.05) is 20.3 Å². The fourth-order valence-electron chi connectivity index (χ4n) is 2.25. The van der Waals surface area contributed by atoms with Gasteiger partial charge < -0.3 is 9.47 Å². The molecule has 0 aliphatic heterocycles. The molecule has 4 nitrogen and oxygen atoms in total. The molecular weight excluding hydrogens is 298 g/mol. The van der Waals surface area contributed by atoms with Crippen LogP contribution in [0.25, 0.3) is 0 Å². The summed E-state index contributed by atoms with van der Waals surface area (Å²) in [6, 6.07) is 12.0. The van der Waals surface area contributed by atoms with Crippen LogP contribution in [0.2, 0.25) is 0 Å². The lowest BCUT2D eigenvalue weighted by atomic mass is 10.2. The molecule has 1 aromatic carbocycles. The molecule has 0 amide bonds. The molecule has 0 unspecified atom stereocenters. The van der Waals surface area contributed by atoms with Gasteiger partial charge in [-0.25, -0.2) is 0 Å². The van der Waals surface area contributed by atoms with Crippen LogP contribution in [0.4, 0.5) is 0 Å².